The van der Waals surface area contributed by atoms with Crippen LogP contribution in [0.5, 0.6) is 0 Å². The molecule has 1 saturated carbocycles. The van der Waals surface area contributed by atoms with Crippen LogP contribution in [0.3, 0.4) is 0 Å². The summed E-state index contributed by atoms with van der Waals surface area (Å²) in [5, 5.41) is 0. The minimum atomic E-state index is 0.121. The number of rotatable bonds is 0. The van der Waals surface area contributed by atoms with E-state index in [2.05, 4.69) is 0 Å². The molecule has 0 aromatic carbocycles. The molecule has 2 heteroatoms. The van der Waals surface area contributed by atoms with Crippen molar-refractivity contribution in [1.82, 2.24) is 0 Å². The molecule has 0 radical (unpaired) electrons. The van der Waals surface area contributed by atoms with Gasteiger partial charge in [-0.25, -0.2) is 0 Å². The first-order valence-electron chi connectivity index (χ1n) is 4.98. The first-order valence-corrected chi connectivity index (χ1v) is 4.98. The summed E-state index contributed by atoms with van der Waals surface area (Å²) in [7, 11) is 0. The molecule has 13 heavy (non-hydrogen) atoms. The molecule has 2 nitrogen and oxygen atoms in total. The number of hydrogen-bond donors (Lipinski definition) is 0. The van der Waals surface area contributed by atoms with E-state index in [0.29, 0.717) is 36.7 Å². The Balaban J connectivity index is 2.12. The summed E-state index contributed by atoms with van der Waals surface area (Å²) in [6.07, 6.45) is 7.52. The van der Waals surface area contributed by atoms with E-state index in [1.165, 1.54) is 0 Å². The molecule has 2 aliphatic rings. The van der Waals surface area contributed by atoms with Crippen molar-refractivity contribution in [3.63, 3.8) is 0 Å². The fourth-order valence-corrected chi connectivity index (χ4v) is 2.20. The third-order valence-electron chi connectivity index (χ3n) is 2.95. The van der Waals surface area contributed by atoms with Gasteiger partial charge in [0.1, 0.15) is 11.6 Å². The number of carbonyl (C=O) groups excluding carboxylic acids is 2. The maximum absolute atomic E-state index is 11.5. The Morgan fingerprint density at radius 2 is 2.00 bits per heavy atom. The van der Waals surface area contributed by atoms with Crippen LogP contribution in [0.1, 0.15) is 32.1 Å². The predicted molar refractivity (Wildman–Crippen MR) is 49.2 cm³/mol. The molecule has 2 rings (SSSR count). The van der Waals surface area contributed by atoms with Crippen molar-refractivity contribution in [2.24, 2.45) is 11.8 Å². The lowest BCUT2D eigenvalue weighted by molar-refractivity contribution is -0.121. The zero-order chi connectivity index (χ0) is 9.26. The Kier molecular flexibility index (Phi) is 2.30. The SMILES string of the molecule is O=C1CCCC(=O)[C@@H]2C=C[C@H](C1)C2. The summed E-state index contributed by atoms with van der Waals surface area (Å²) < 4.78 is 0. The predicted octanol–water partition coefficient (Wildman–Crippen LogP) is 1.89. The third-order valence-corrected chi connectivity index (χ3v) is 2.95. The average molecular weight is 178 g/mol. The molecular formula is C11H14O2. The molecule has 0 unspecified atom stereocenters. The van der Waals surface area contributed by atoms with Crippen molar-refractivity contribution in [2.45, 2.75) is 32.1 Å². The van der Waals surface area contributed by atoms with Gasteiger partial charge in [0.2, 0.25) is 0 Å². The van der Waals surface area contributed by atoms with E-state index >= 15 is 0 Å². The van der Waals surface area contributed by atoms with E-state index in [1.54, 1.807) is 0 Å². The highest BCUT2D eigenvalue weighted by Crippen LogP contribution is 2.30. The molecule has 1 fully saturated rings. The Labute approximate surface area is 78.0 Å². The summed E-state index contributed by atoms with van der Waals surface area (Å²) in [4.78, 5) is 22.9. The number of Topliss-reactive ketones (excluding diaryl/α,β-unsaturated/α-hetero) is 2. The van der Waals surface area contributed by atoms with Gasteiger partial charge in [0.05, 0.1) is 0 Å². The quantitative estimate of drug-likeness (QED) is 0.531. The maximum atomic E-state index is 11.5. The summed E-state index contributed by atoms with van der Waals surface area (Å²) >= 11 is 0. The normalized spacial score (nSPS) is 34.2. The van der Waals surface area contributed by atoms with Gasteiger partial charge in [-0.2, -0.15) is 0 Å². The fourth-order valence-electron chi connectivity index (χ4n) is 2.20. The molecule has 0 N–H and O–H groups in total. The van der Waals surface area contributed by atoms with Crippen LogP contribution in [-0.4, -0.2) is 11.6 Å². The van der Waals surface area contributed by atoms with E-state index in [4.69, 9.17) is 0 Å². The molecule has 0 aromatic rings. The molecule has 2 atom stereocenters. The minimum Gasteiger partial charge on any atom is -0.300 e. The van der Waals surface area contributed by atoms with Crippen LogP contribution in [0.15, 0.2) is 12.2 Å². The van der Waals surface area contributed by atoms with Gasteiger partial charge in [-0.05, 0) is 18.8 Å². The highest BCUT2D eigenvalue weighted by atomic mass is 16.1. The van der Waals surface area contributed by atoms with Crippen LogP contribution in [0.4, 0.5) is 0 Å². The van der Waals surface area contributed by atoms with Crippen molar-refractivity contribution in [2.75, 3.05) is 0 Å². The van der Waals surface area contributed by atoms with Crippen LogP contribution < -0.4 is 0 Å². The zero-order valence-corrected chi connectivity index (χ0v) is 7.66. The molecule has 0 spiro atoms. The van der Waals surface area contributed by atoms with Gasteiger partial charge in [0.25, 0.3) is 0 Å². The van der Waals surface area contributed by atoms with E-state index in [9.17, 15) is 9.59 Å². The smallest absolute Gasteiger partial charge is 0.139 e. The Bertz CT molecular complexity index is 265. The molecular weight excluding hydrogens is 164 g/mol. The number of hydrogen-bond acceptors (Lipinski definition) is 2. The van der Waals surface area contributed by atoms with Crippen LogP contribution >= 0.6 is 0 Å². The monoisotopic (exact) mass is 178 g/mol. The van der Waals surface area contributed by atoms with Crippen molar-refractivity contribution >= 4 is 11.6 Å². The highest BCUT2D eigenvalue weighted by Gasteiger charge is 2.27. The van der Waals surface area contributed by atoms with Gasteiger partial charge in [-0.3, -0.25) is 9.59 Å². The number of ketones is 2. The van der Waals surface area contributed by atoms with Crippen LogP contribution in [-0.2, 0) is 9.59 Å². The molecule has 70 valence electrons. The summed E-state index contributed by atoms with van der Waals surface area (Å²) in [6, 6.07) is 0. The molecule has 2 bridgehead atoms. The van der Waals surface area contributed by atoms with Crippen molar-refractivity contribution in [3.8, 4) is 0 Å². The lowest BCUT2D eigenvalue weighted by Gasteiger charge is -2.06. The Hall–Kier alpha value is -0.920. The van der Waals surface area contributed by atoms with Gasteiger partial charge >= 0.3 is 0 Å². The number of fused-ring (bicyclic) bond motifs is 2. The van der Waals surface area contributed by atoms with Gasteiger partial charge in [-0.15, -0.1) is 0 Å². The lowest BCUT2D eigenvalue weighted by Crippen LogP contribution is -2.10. The van der Waals surface area contributed by atoms with Crippen LogP contribution in [0.25, 0.3) is 0 Å². The summed E-state index contributed by atoms with van der Waals surface area (Å²) in [5.41, 5.74) is 0. The van der Waals surface area contributed by atoms with E-state index in [1.807, 2.05) is 12.2 Å². The van der Waals surface area contributed by atoms with Crippen molar-refractivity contribution in [3.05, 3.63) is 12.2 Å². The highest BCUT2D eigenvalue weighted by molar-refractivity contribution is 5.85. The molecule has 0 heterocycles. The standard InChI is InChI=1S/C11H14O2/c12-10-2-1-3-11(13)9-5-4-8(6-9)7-10/h4-5,8-9H,1-3,6-7H2/t8-,9+/m0/s1. The third kappa shape index (κ3) is 1.87. The second kappa shape index (κ2) is 3.44. The summed E-state index contributed by atoms with van der Waals surface area (Å²) in [5.74, 6) is 1.12. The van der Waals surface area contributed by atoms with Crippen molar-refractivity contribution in [1.29, 1.82) is 0 Å². The van der Waals surface area contributed by atoms with Gasteiger partial charge < -0.3 is 0 Å². The van der Waals surface area contributed by atoms with Crippen LogP contribution in [0.2, 0.25) is 0 Å². The minimum absolute atomic E-state index is 0.121. The Morgan fingerprint density at radius 1 is 1.15 bits per heavy atom. The van der Waals surface area contributed by atoms with Gasteiger partial charge in [0, 0.05) is 25.2 Å². The average Bonchev–Trinajstić information content (AvgIpc) is 2.53. The molecule has 0 aliphatic heterocycles. The van der Waals surface area contributed by atoms with E-state index < -0.39 is 0 Å². The summed E-state index contributed by atoms with van der Waals surface area (Å²) in [6.45, 7) is 0. The van der Waals surface area contributed by atoms with Gasteiger partial charge in [-0.1, -0.05) is 12.2 Å². The van der Waals surface area contributed by atoms with E-state index in [0.717, 1.165) is 12.8 Å². The first kappa shape index (κ1) is 8.67. The number of allylic oxidation sites excluding steroid dienone is 2. The lowest BCUT2D eigenvalue weighted by atomic mass is 9.96. The van der Waals surface area contributed by atoms with Crippen LogP contribution in [0, 0.1) is 11.8 Å². The Morgan fingerprint density at radius 3 is 2.85 bits per heavy atom. The molecule has 0 saturated heterocycles. The number of carbonyl (C=O) groups is 2. The second-order valence-electron chi connectivity index (χ2n) is 4.05. The molecule has 2 aliphatic carbocycles. The van der Waals surface area contributed by atoms with Crippen molar-refractivity contribution < 1.29 is 9.59 Å². The fraction of sp³-hybridized carbons (Fsp3) is 0.636. The topological polar surface area (TPSA) is 34.1 Å². The zero-order valence-electron chi connectivity index (χ0n) is 7.66. The van der Waals surface area contributed by atoms with Gasteiger partial charge in [0.15, 0.2) is 0 Å². The molecule has 0 amide bonds. The maximum Gasteiger partial charge on any atom is 0.139 e. The largest absolute Gasteiger partial charge is 0.300 e. The van der Waals surface area contributed by atoms with E-state index in [-0.39, 0.29) is 5.92 Å². The molecule has 0 aromatic heterocycles. The second-order valence-corrected chi connectivity index (χ2v) is 4.05. The first-order chi connectivity index (χ1) is 6.25.